The van der Waals surface area contributed by atoms with Crippen LogP contribution in [0.15, 0.2) is 0 Å². The van der Waals surface area contributed by atoms with Crippen LogP contribution >= 0.6 is 11.8 Å². The fourth-order valence-electron chi connectivity index (χ4n) is 0.666. The summed E-state index contributed by atoms with van der Waals surface area (Å²) in [5.74, 6) is 1.82. The van der Waals surface area contributed by atoms with Crippen LogP contribution in [0.2, 0.25) is 0 Å². The topological polar surface area (TPSA) is 44.5 Å². The molecule has 0 amide bonds. The summed E-state index contributed by atoms with van der Waals surface area (Å²) in [5.41, 5.74) is 5.74. The third-order valence-electron chi connectivity index (χ3n) is 1.64. The molecule has 0 rings (SSSR count). The molecule has 1 atom stereocenters. The van der Waals surface area contributed by atoms with Crippen LogP contribution in [0, 0.1) is 0 Å². The summed E-state index contributed by atoms with van der Waals surface area (Å²) in [4.78, 5) is 0. The number of ether oxygens (including phenoxy) is 2. The van der Waals surface area contributed by atoms with Gasteiger partial charge in [-0.3, -0.25) is 0 Å². The van der Waals surface area contributed by atoms with Crippen molar-refractivity contribution in [3.8, 4) is 0 Å². The summed E-state index contributed by atoms with van der Waals surface area (Å²) < 4.78 is 10.1. The van der Waals surface area contributed by atoms with E-state index in [1.54, 1.807) is 26.0 Å². The third-order valence-corrected chi connectivity index (χ3v) is 2.81. The molecule has 74 valence electrons. The van der Waals surface area contributed by atoms with Crippen LogP contribution in [0.25, 0.3) is 0 Å². The number of hydrogen-bond acceptors (Lipinski definition) is 4. The average Bonchev–Trinajstić information content (AvgIpc) is 2.12. The monoisotopic (exact) mass is 193 g/mol. The number of thioether (sulfide) groups is 1. The van der Waals surface area contributed by atoms with Crippen molar-refractivity contribution >= 4 is 11.8 Å². The molecule has 0 aromatic heterocycles. The lowest BCUT2D eigenvalue weighted by atomic mass is 10.3. The van der Waals surface area contributed by atoms with E-state index < -0.39 is 0 Å². The lowest BCUT2D eigenvalue weighted by Crippen LogP contribution is -2.23. The minimum atomic E-state index is -0.0981. The van der Waals surface area contributed by atoms with E-state index in [0.717, 1.165) is 17.9 Å². The molecule has 3 nitrogen and oxygen atoms in total. The van der Waals surface area contributed by atoms with Crippen LogP contribution in [0.3, 0.4) is 0 Å². The van der Waals surface area contributed by atoms with Crippen molar-refractivity contribution in [3.63, 3.8) is 0 Å². The van der Waals surface area contributed by atoms with E-state index in [9.17, 15) is 0 Å². The van der Waals surface area contributed by atoms with Gasteiger partial charge < -0.3 is 15.2 Å². The van der Waals surface area contributed by atoms with Gasteiger partial charge in [0.05, 0.1) is 0 Å². The Balaban J connectivity index is 3.28. The first-order valence-corrected chi connectivity index (χ1v) is 5.29. The van der Waals surface area contributed by atoms with Crippen LogP contribution in [0.1, 0.15) is 13.3 Å². The maximum atomic E-state index is 5.74. The zero-order chi connectivity index (χ0) is 9.40. The van der Waals surface area contributed by atoms with Crippen molar-refractivity contribution < 1.29 is 9.47 Å². The number of nitrogens with two attached hydrogens (primary N) is 1. The standard InChI is InChI=1S/C8H19NO2S/c1-4-7(9)5-12-6-8(10-2)11-3/h7-8H,4-6,9H2,1-3H3. The van der Waals surface area contributed by atoms with Gasteiger partial charge in [0.1, 0.15) is 0 Å². The van der Waals surface area contributed by atoms with Gasteiger partial charge in [0.25, 0.3) is 0 Å². The highest BCUT2D eigenvalue weighted by Gasteiger charge is 2.06. The second kappa shape index (κ2) is 7.86. The van der Waals surface area contributed by atoms with Crippen LogP contribution < -0.4 is 5.73 Å². The zero-order valence-electron chi connectivity index (χ0n) is 8.08. The summed E-state index contributed by atoms with van der Waals surface area (Å²) in [6, 6.07) is 0.296. The van der Waals surface area contributed by atoms with Crippen molar-refractivity contribution in [1.82, 2.24) is 0 Å². The molecule has 0 bridgehead atoms. The average molecular weight is 193 g/mol. The van der Waals surface area contributed by atoms with E-state index in [0.29, 0.717) is 6.04 Å². The molecule has 12 heavy (non-hydrogen) atoms. The molecule has 2 N–H and O–H groups in total. The number of rotatable bonds is 7. The van der Waals surface area contributed by atoms with Gasteiger partial charge in [0.2, 0.25) is 0 Å². The highest BCUT2D eigenvalue weighted by atomic mass is 32.2. The molecule has 0 saturated heterocycles. The minimum absolute atomic E-state index is 0.0981. The first kappa shape index (κ1) is 12.2. The van der Waals surface area contributed by atoms with E-state index in [1.807, 2.05) is 0 Å². The van der Waals surface area contributed by atoms with Crippen LogP contribution in [-0.2, 0) is 9.47 Å². The van der Waals surface area contributed by atoms with Crippen molar-refractivity contribution in [2.24, 2.45) is 5.73 Å². The Morgan fingerprint density at radius 3 is 2.25 bits per heavy atom. The number of hydrogen-bond donors (Lipinski definition) is 1. The van der Waals surface area contributed by atoms with Crippen LogP contribution in [-0.4, -0.2) is 38.1 Å². The van der Waals surface area contributed by atoms with Crippen LogP contribution in [0.5, 0.6) is 0 Å². The fraction of sp³-hybridized carbons (Fsp3) is 1.00. The predicted octanol–water partition coefficient (Wildman–Crippen LogP) is 1.08. The molecule has 0 aliphatic carbocycles. The Labute approximate surface area is 79.0 Å². The van der Waals surface area contributed by atoms with Crippen molar-refractivity contribution in [3.05, 3.63) is 0 Å². The molecule has 0 radical (unpaired) electrons. The normalized spacial score (nSPS) is 13.8. The Morgan fingerprint density at radius 2 is 1.83 bits per heavy atom. The molecule has 0 fully saturated rings. The van der Waals surface area contributed by atoms with E-state index in [1.165, 1.54) is 0 Å². The number of methoxy groups -OCH3 is 2. The van der Waals surface area contributed by atoms with Gasteiger partial charge in [-0.25, -0.2) is 0 Å². The molecule has 0 aromatic rings. The van der Waals surface area contributed by atoms with Crippen molar-refractivity contribution in [2.75, 3.05) is 25.7 Å². The summed E-state index contributed by atoms with van der Waals surface area (Å²) >= 11 is 1.77. The molecule has 0 aromatic carbocycles. The Hall–Kier alpha value is 0.230. The van der Waals surface area contributed by atoms with Gasteiger partial charge >= 0.3 is 0 Å². The Kier molecular flexibility index (Phi) is 8.01. The highest BCUT2D eigenvalue weighted by Crippen LogP contribution is 2.07. The van der Waals surface area contributed by atoms with Gasteiger partial charge in [-0.05, 0) is 6.42 Å². The van der Waals surface area contributed by atoms with Gasteiger partial charge in [-0.2, -0.15) is 11.8 Å². The summed E-state index contributed by atoms with van der Waals surface area (Å²) in [7, 11) is 3.29. The predicted molar refractivity (Wildman–Crippen MR) is 53.4 cm³/mol. The first-order chi connectivity index (χ1) is 5.74. The van der Waals surface area contributed by atoms with Crippen molar-refractivity contribution in [2.45, 2.75) is 25.7 Å². The molecule has 1 unspecified atom stereocenters. The quantitative estimate of drug-likeness (QED) is 0.614. The molecule has 0 aliphatic heterocycles. The Bertz CT molecular complexity index is 99.1. The second-order valence-corrected chi connectivity index (χ2v) is 3.68. The van der Waals surface area contributed by atoms with E-state index in [2.05, 4.69) is 6.92 Å². The minimum Gasteiger partial charge on any atom is -0.355 e. The zero-order valence-corrected chi connectivity index (χ0v) is 8.89. The largest absolute Gasteiger partial charge is 0.355 e. The van der Waals surface area contributed by atoms with Crippen LogP contribution in [0.4, 0.5) is 0 Å². The summed E-state index contributed by atoms with van der Waals surface area (Å²) in [5, 5.41) is 0. The summed E-state index contributed by atoms with van der Waals surface area (Å²) in [6.45, 7) is 2.09. The lowest BCUT2D eigenvalue weighted by Gasteiger charge is -2.14. The van der Waals surface area contributed by atoms with Gasteiger partial charge in [0.15, 0.2) is 6.29 Å². The van der Waals surface area contributed by atoms with Crippen molar-refractivity contribution in [1.29, 1.82) is 0 Å². The molecule has 4 heteroatoms. The smallest absolute Gasteiger partial charge is 0.165 e. The maximum absolute atomic E-state index is 5.74. The Morgan fingerprint density at radius 1 is 1.25 bits per heavy atom. The van der Waals surface area contributed by atoms with Gasteiger partial charge in [-0.1, -0.05) is 6.92 Å². The van der Waals surface area contributed by atoms with Gasteiger partial charge in [-0.15, -0.1) is 0 Å². The first-order valence-electron chi connectivity index (χ1n) is 4.13. The van der Waals surface area contributed by atoms with E-state index in [-0.39, 0.29) is 6.29 Å². The maximum Gasteiger partial charge on any atom is 0.165 e. The van der Waals surface area contributed by atoms with E-state index in [4.69, 9.17) is 15.2 Å². The fourth-order valence-corrected chi connectivity index (χ4v) is 1.80. The molecule has 0 aliphatic rings. The van der Waals surface area contributed by atoms with Gasteiger partial charge in [0, 0.05) is 31.8 Å². The SMILES string of the molecule is CCC(N)CSCC(OC)OC. The molecule has 0 spiro atoms. The molecule has 0 heterocycles. The lowest BCUT2D eigenvalue weighted by molar-refractivity contribution is -0.0842. The second-order valence-electron chi connectivity index (χ2n) is 2.61. The highest BCUT2D eigenvalue weighted by molar-refractivity contribution is 7.99. The van der Waals surface area contributed by atoms with E-state index >= 15 is 0 Å². The molecule has 0 saturated carbocycles. The third kappa shape index (κ3) is 5.83. The summed E-state index contributed by atoms with van der Waals surface area (Å²) in [6.07, 6.45) is 0.927. The molecular formula is C8H19NO2S. The molecular weight excluding hydrogens is 174 g/mol.